The number of nitrogens with two attached hydrogens (primary N) is 1. The van der Waals surface area contributed by atoms with Crippen LogP contribution in [0, 0.1) is 6.92 Å². The number of hydrogen-bond donors (Lipinski definition) is 1. The van der Waals surface area contributed by atoms with Gasteiger partial charge >= 0.3 is 0 Å². The highest BCUT2D eigenvalue weighted by Crippen LogP contribution is 2.26. The molecule has 34 heavy (non-hydrogen) atoms. The van der Waals surface area contributed by atoms with Crippen LogP contribution in [0.25, 0.3) is 22.7 Å². The molecule has 0 unspecified atom stereocenters. The van der Waals surface area contributed by atoms with Crippen LogP contribution in [0.1, 0.15) is 21.7 Å². The average Bonchev–Trinajstić information content (AvgIpc) is 3.22. The standard InChI is InChI=1S/C23H21N5O5S/c1-14-22(26-27-28(14)17-5-8-19(9-6-17)34(24,30)31)21(29)11-4-15-12-16-13-18(32-2)7-10-20(16)25-23(15)33-3/h4-13H,1-3H3,(H2,24,30,31)/b11-4+. The summed E-state index contributed by atoms with van der Waals surface area (Å²) in [5.41, 5.74) is 2.52. The number of primary sulfonamides is 1. The highest BCUT2D eigenvalue weighted by Gasteiger charge is 2.17. The van der Waals surface area contributed by atoms with Gasteiger partial charge in [0.05, 0.1) is 36.0 Å². The third-order valence-corrected chi connectivity index (χ3v) is 6.09. The minimum Gasteiger partial charge on any atom is -0.497 e. The number of aromatic nitrogens is 4. The van der Waals surface area contributed by atoms with Crippen LogP contribution in [-0.2, 0) is 10.0 Å². The Bertz CT molecular complexity index is 1530. The number of ketones is 1. The van der Waals surface area contributed by atoms with E-state index in [0.717, 1.165) is 10.9 Å². The summed E-state index contributed by atoms with van der Waals surface area (Å²) in [6.45, 7) is 1.69. The molecule has 0 aliphatic carbocycles. The summed E-state index contributed by atoms with van der Waals surface area (Å²) in [6, 6.07) is 13.1. The van der Waals surface area contributed by atoms with E-state index in [9.17, 15) is 13.2 Å². The maximum absolute atomic E-state index is 12.9. The lowest BCUT2D eigenvalue weighted by Gasteiger charge is -2.07. The first-order chi connectivity index (χ1) is 16.2. The number of carbonyl (C=O) groups excluding carboxylic acids is 1. The van der Waals surface area contributed by atoms with Crippen LogP contribution in [0.4, 0.5) is 0 Å². The van der Waals surface area contributed by atoms with Gasteiger partial charge in [0.15, 0.2) is 5.69 Å². The predicted octanol–water partition coefficient (Wildman–Crippen LogP) is 2.68. The lowest BCUT2D eigenvalue weighted by atomic mass is 10.1. The van der Waals surface area contributed by atoms with Gasteiger partial charge in [-0.25, -0.2) is 23.2 Å². The molecular weight excluding hydrogens is 458 g/mol. The van der Waals surface area contributed by atoms with Crippen molar-refractivity contribution in [3.05, 3.63) is 71.6 Å². The van der Waals surface area contributed by atoms with Gasteiger partial charge in [-0.15, -0.1) is 5.10 Å². The summed E-state index contributed by atoms with van der Waals surface area (Å²) in [6.07, 6.45) is 2.98. The van der Waals surface area contributed by atoms with Crippen molar-refractivity contribution in [1.29, 1.82) is 0 Å². The zero-order chi connectivity index (χ0) is 24.5. The second kappa shape index (κ2) is 9.04. The Morgan fingerprint density at radius 1 is 1.06 bits per heavy atom. The fourth-order valence-electron chi connectivity index (χ4n) is 3.39. The summed E-state index contributed by atoms with van der Waals surface area (Å²) in [5.74, 6) is 0.699. The van der Waals surface area contributed by atoms with Gasteiger partial charge in [0.1, 0.15) is 5.75 Å². The number of pyridine rings is 1. The Morgan fingerprint density at radius 2 is 1.79 bits per heavy atom. The van der Waals surface area contributed by atoms with Crippen molar-refractivity contribution in [2.24, 2.45) is 5.14 Å². The minimum atomic E-state index is -3.81. The van der Waals surface area contributed by atoms with Crippen molar-refractivity contribution >= 4 is 32.8 Å². The number of nitrogens with zero attached hydrogens (tertiary/aromatic N) is 4. The van der Waals surface area contributed by atoms with Crippen LogP contribution in [0.15, 0.2) is 59.5 Å². The second-order valence-corrected chi connectivity index (χ2v) is 8.88. The first-order valence-electron chi connectivity index (χ1n) is 10.0. The third-order valence-electron chi connectivity index (χ3n) is 5.16. The lowest BCUT2D eigenvalue weighted by Crippen LogP contribution is -2.12. The van der Waals surface area contributed by atoms with E-state index in [1.807, 2.05) is 24.3 Å². The topological polar surface area (TPSA) is 139 Å². The van der Waals surface area contributed by atoms with Gasteiger partial charge in [0.25, 0.3) is 0 Å². The Labute approximate surface area is 195 Å². The van der Waals surface area contributed by atoms with Crippen LogP contribution in [-0.4, -0.2) is 48.4 Å². The van der Waals surface area contributed by atoms with Crippen LogP contribution in [0.5, 0.6) is 11.6 Å². The number of benzene rings is 2. The Kier molecular flexibility index (Phi) is 6.14. The monoisotopic (exact) mass is 479 g/mol. The predicted molar refractivity (Wildman–Crippen MR) is 126 cm³/mol. The van der Waals surface area contributed by atoms with E-state index in [-0.39, 0.29) is 16.4 Å². The van der Waals surface area contributed by atoms with Gasteiger partial charge in [-0.1, -0.05) is 5.21 Å². The SMILES string of the molecule is COc1ccc2nc(OC)c(/C=C/C(=O)c3nnn(-c4ccc(S(N)(=O)=O)cc4)c3C)cc2c1. The van der Waals surface area contributed by atoms with Gasteiger partial charge in [-0.2, -0.15) is 0 Å². The van der Waals surface area contributed by atoms with Crippen LogP contribution in [0.3, 0.4) is 0 Å². The van der Waals surface area contributed by atoms with Gasteiger partial charge in [0.2, 0.25) is 21.7 Å². The molecule has 0 spiro atoms. The highest BCUT2D eigenvalue weighted by atomic mass is 32.2. The maximum atomic E-state index is 12.9. The van der Waals surface area contributed by atoms with E-state index in [1.165, 1.54) is 42.1 Å². The Morgan fingerprint density at radius 3 is 2.44 bits per heavy atom. The molecule has 0 aliphatic heterocycles. The Hall–Kier alpha value is -4.09. The van der Waals surface area contributed by atoms with Crippen molar-refractivity contribution in [3.63, 3.8) is 0 Å². The van der Waals surface area contributed by atoms with E-state index in [1.54, 1.807) is 20.1 Å². The molecule has 0 atom stereocenters. The molecule has 0 saturated heterocycles. The van der Waals surface area contributed by atoms with Gasteiger partial charge in [0, 0.05) is 10.9 Å². The lowest BCUT2D eigenvalue weighted by molar-refractivity contribution is 0.104. The molecule has 4 rings (SSSR count). The third kappa shape index (κ3) is 4.51. The van der Waals surface area contributed by atoms with Crippen LogP contribution < -0.4 is 14.6 Å². The first kappa shape index (κ1) is 23.1. The summed E-state index contributed by atoms with van der Waals surface area (Å²) >= 11 is 0. The van der Waals surface area contributed by atoms with Gasteiger partial charge in [-0.3, -0.25) is 4.79 Å². The molecule has 10 nitrogen and oxygen atoms in total. The smallest absolute Gasteiger partial charge is 0.238 e. The largest absolute Gasteiger partial charge is 0.497 e. The molecule has 174 valence electrons. The van der Waals surface area contributed by atoms with Crippen molar-refractivity contribution < 1.29 is 22.7 Å². The number of sulfonamides is 1. The van der Waals surface area contributed by atoms with Crippen LogP contribution >= 0.6 is 0 Å². The zero-order valence-electron chi connectivity index (χ0n) is 18.6. The zero-order valence-corrected chi connectivity index (χ0v) is 19.4. The number of carbonyl (C=O) groups is 1. The number of methoxy groups -OCH3 is 2. The first-order valence-corrected chi connectivity index (χ1v) is 11.6. The van der Waals surface area contributed by atoms with E-state index < -0.39 is 10.0 Å². The summed E-state index contributed by atoms with van der Waals surface area (Å²) in [7, 11) is -0.716. The molecule has 0 aliphatic rings. The summed E-state index contributed by atoms with van der Waals surface area (Å²) in [4.78, 5) is 17.3. The summed E-state index contributed by atoms with van der Waals surface area (Å²) < 4.78 is 35.0. The molecule has 0 fully saturated rings. The Balaban J connectivity index is 1.63. The minimum absolute atomic E-state index is 0.0242. The molecule has 2 aromatic heterocycles. The molecule has 2 heterocycles. The van der Waals surface area contributed by atoms with E-state index in [4.69, 9.17) is 14.6 Å². The van der Waals surface area contributed by atoms with Gasteiger partial charge in [-0.05, 0) is 67.6 Å². The molecule has 4 aromatic rings. The number of allylic oxidation sites excluding steroid dienone is 1. The molecule has 0 bridgehead atoms. The van der Waals surface area contributed by atoms with Gasteiger partial charge < -0.3 is 9.47 Å². The number of hydrogen-bond acceptors (Lipinski definition) is 8. The second-order valence-electron chi connectivity index (χ2n) is 7.32. The van der Waals surface area contributed by atoms with Crippen molar-refractivity contribution in [2.75, 3.05) is 14.2 Å². The van der Waals surface area contributed by atoms with E-state index >= 15 is 0 Å². The maximum Gasteiger partial charge on any atom is 0.238 e. The fraction of sp³-hybridized carbons (Fsp3) is 0.130. The summed E-state index contributed by atoms with van der Waals surface area (Å²) in [5, 5.41) is 14.0. The highest BCUT2D eigenvalue weighted by molar-refractivity contribution is 7.89. The average molecular weight is 480 g/mol. The van der Waals surface area contributed by atoms with Crippen LogP contribution in [0.2, 0.25) is 0 Å². The molecule has 0 amide bonds. The van der Waals surface area contributed by atoms with E-state index in [2.05, 4.69) is 15.3 Å². The van der Waals surface area contributed by atoms with Crippen molar-refractivity contribution in [1.82, 2.24) is 20.0 Å². The molecular formula is C23H21N5O5S. The van der Waals surface area contributed by atoms with Crippen molar-refractivity contribution in [2.45, 2.75) is 11.8 Å². The fourth-order valence-corrected chi connectivity index (χ4v) is 3.90. The molecule has 0 saturated carbocycles. The number of ether oxygens (including phenoxy) is 2. The number of fused-ring (bicyclic) bond motifs is 1. The molecule has 2 aromatic carbocycles. The molecule has 11 heteroatoms. The number of rotatable bonds is 7. The van der Waals surface area contributed by atoms with Crippen molar-refractivity contribution in [3.8, 4) is 17.3 Å². The quantitative estimate of drug-likeness (QED) is 0.315. The molecule has 0 radical (unpaired) electrons. The molecule has 2 N–H and O–H groups in total. The van der Waals surface area contributed by atoms with E-state index in [0.29, 0.717) is 28.6 Å². The normalized spacial score (nSPS) is 11.8.